The van der Waals surface area contributed by atoms with E-state index in [0.29, 0.717) is 12.1 Å². The molecule has 0 aliphatic carbocycles. The third-order valence-corrected chi connectivity index (χ3v) is 16.7. The van der Waals surface area contributed by atoms with Gasteiger partial charge in [-0.3, -0.25) is 0 Å². The first-order valence-electron chi connectivity index (χ1n) is 14.5. The molecule has 0 aliphatic heterocycles. The molecule has 2 nitrogen and oxygen atoms in total. The summed E-state index contributed by atoms with van der Waals surface area (Å²) in [5.74, 6) is 0. The molecular formula is C37H40O2Si2. The molecule has 0 radical (unpaired) electrons. The van der Waals surface area contributed by atoms with E-state index in [1.54, 1.807) is 0 Å². The van der Waals surface area contributed by atoms with Gasteiger partial charge in [0.25, 0.3) is 8.32 Å². The van der Waals surface area contributed by atoms with Crippen LogP contribution >= 0.6 is 0 Å². The monoisotopic (exact) mass is 572 g/mol. The van der Waals surface area contributed by atoms with Crippen molar-refractivity contribution in [1.82, 2.24) is 0 Å². The molecule has 5 rings (SSSR count). The lowest BCUT2D eigenvalue weighted by molar-refractivity contribution is 0.229. The van der Waals surface area contributed by atoms with E-state index in [1.165, 1.54) is 10.4 Å². The molecule has 41 heavy (non-hydrogen) atoms. The van der Waals surface area contributed by atoms with Crippen LogP contribution in [0.15, 0.2) is 152 Å². The Labute approximate surface area is 247 Å². The summed E-state index contributed by atoms with van der Waals surface area (Å²) in [5.41, 5.74) is 2.88. The molecule has 1 unspecified atom stereocenters. The van der Waals surface area contributed by atoms with Crippen molar-refractivity contribution in [2.45, 2.75) is 43.6 Å². The van der Waals surface area contributed by atoms with E-state index in [-0.39, 0.29) is 5.04 Å². The van der Waals surface area contributed by atoms with E-state index in [0.717, 1.165) is 16.7 Å². The summed E-state index contributed by atoms with van der Waals surface area (Å²) in [7, 11) is -6.21. The predicted molar refractivity (Wildman–Crippen MR) is 176 cm³/mol. The second kappa shape index (κ2) is 12.5. The Bertz CT molecular complexity index is 1410. The van der Waals surface area contributed by atoms with Crippen molar-refractivity contribution in [3.05, 3.63) is 168 Å². The van der Waals surface area contributed by atoms with E-state index in [2.05, 4.69) is 154 Å². The van der Waals surface area contributed by atoms with E-state index in [1.807, 2.05) is 18.2 Å². The molecule has 0 saturated carbocycles. The van der Waals surface area contributed by atoms with Gasteiger partial charge >= 0.3 is 0 Å². The van der Waals surface area contributed by atoms with E-state index in [9.17, 15) is 4.80 Å². The highest BCUT2D eigenvalue weighted by molar-refractivity contribution is 7.00. The lowest BCUT2D eigenvalue weighted by Crippen LogP contribution is -2.69. The van der Waals surface area contributed by atoms with Crippen LogP contribution in [0, 0.1) is 0 Å². The molecule has 5 aromatic rings. The quantitative estimate of drug-likeness (QED) is 0.177. The van der Waals surface area contributed by atoms with Gasteiger partial charge in [-0.25, -0.2) is 0 Å². The maximum absolute atomic E-state index is 13.2. The van der Waals surface area contributed by atoms with Gasteiger partial charge in [0.2, 0.25) is 8.32 Å². The lowest BCUT2D eigenvalue weighted by atomic mass is 10.2. The zero-order valence-electron chi connectivity index (χ0n) is 24.3. The molecular weight excluding hydrogens is 533 g/mol. The fourth-order valence-electron chi connectivity index (χ4n) is 6.13. The first-order valence-corrected chi connectivity index (χ1v) is 18.8. The Morgan fingerprint density at radius 1 is 0.537 bits per heavy atom. The zero-order valence-corrected chi connectivity index (χ0v) is 26.3. The Morgan fingerprint density at radius 2 is 0.878 bits per heavy atom. The highest BCUT2D eigenvalue weighted by Crippen LogP contribution is 2.43. The summed E-state index contributed by atoms with van der Waals surface area (Å²) >= 11 is 0. The van der Waals surface area contributed by atoms with Crippen molar-refractivity contribution < 1.29 is 9.22 Å². The first-order chi connectivity index (χ1) is 19.8. The topological polar surface area (TPSA) is 29.5 Å². The summed E-state index contributed by atoms with van der Waals surface area (Å²) in [4.78, 5) is 13.2. The molecule has 0 aromatic heterocycles. The maximum atomic E-state index is 13.2. The molecule has 0 bridgehead atoms. The maximum Gasteiger partial charge on any atom is 0.261 e. The van der Waals surface area contributed by atoms with E-state index in [4.69, 9.17) is 4.43 Å². The van der Waals surface area contributed by atoms with Gasteiger partial charge in [-0.15, -0.1) is 0 Å². The molecule has 1 atom stereocenters. The van der Waals surface area contributed by atoms with Crippen molar-refractivity contribution in [3.63, 3.8) is 0 Å². The van der Waals surface area contributed by atoms with Crippen molar-refractivity contribution >= 4 is 27.0 Å². The van der Waals surface area contributed by atoms with Crippen LogP contribution in [-0.2, 0) is 16.5 Å². The minimum absolute atomic E-state index is 0.211. The summed E-state index contributed by atoms with van der Waals surface area (Å²) in [6.45, 7) is 6.91. The summed E-state index contributed by atoms with van der Waals surface area (Å²) in [6, 6.07) is 54.0. The van der Waals surface area contributed by atoms with Gasteiger partial charge < -0.3 is 9.22 Å². The third-order valence-electron chi connectivity index (χ3n) is 8.01. The molecule has 5 aromatic carbocycles. The number of hydrogen-bond acceptors (Lipinski definition) is 2. The first kappa shape index (κ1) is 29.0. The molecule has 0 amide bonds. The normalized spacial score (nSPS) is 13.1. The van der Waals surface area contributed by atoms with Crippen LogP contribution in [-0.4, -0.2) is 21.4 Å². The van der Waals surface area contributed by atoms with Gasteiger partial charge in [-0.05, 0) is 44.2 Å². The molecule has 4 heteroatoms. The van der Waals surface area contributed by atoms with Crippen LogP contribution in [0.2, 0.25) is 5.04 Å². The minimum Gasteiger partial charge on any atom is -0.428 e. The molecule has 0 aliphatic rings. The van der Waals surface area contributed by atoms with Crippen LogP contribution in [0.25, 0.3) is 0 Å². The Morgan fingerprint density at radius 3 is 1.24 bits per heavy atom. The highest BCUT2D eigenvalue weighted by Gasteiger charge is 2.55. The summed E-state index contributed by atoms with van der Waals surface area (Å²) in [6.07, 6.45) is 0. The van der Waals surface area contributed by atoms with Crippen LogP contribution in [0.5, 0.6) is 0 Å². The third kappa shape index (κ3) is 6.36. The van der Waals surface area contributed by atoms with Crippen LogP contribution in [0.1, 0.15) is 43.2 Å². The average Bonchev–Trinajstić information content (AvgIpc) is 2.99. The van der Waals surface area contributed by atoms with Gasteiger partial charge in [-0.2, -0.15) is 0 Å². The largest absolute Gasteiger partial charge is 0.428 e. The summed E-state index contributed by atoms with van der Waals surface area (Å²) < 4.78 is 7.82. The van der Waals surface area contributed by atoms with E-state index < -0.39 is 22.4 Å². The Hall–Kier alpha value is -3.55. The van der Waals surface area contributed by atoms with Crippen LogP contribution < -0.4 is 10.4 Å². The van der Waals surface area contributed by atoms with Crippen LogP contribution in [0.3, 0.4) is 0 Å². The second-order valence-corrected chi connectivity index (χ2v) is 19.7. The van der Waals surface area contributed by atoms with Gasteiger partial charge in [0, 0.05) is 0 Å². The average molecular weight is 573 g/mol. The fraction of sp³-hybridized carbons (Fsp3) is 0.189. The lowest BCUT2D eigenvalue weighted by Gasteiger charge is -2.48. The predicted octanol–water partition coefficient (Wildman–Crippen LogP) is 7.35. The molecule has 208 valence electrons. The van der Waals surface area contributed by atoms with Crippen LogP contribution in [0.4, 0.5) is 0 Å². The number of rotatable bonds is 10. The standard InChI is InChI=1S/C37H40O2Si2/c1-37(2,3)41(34-25-15-7-16-26-34,35-27-17-8-18-28-35)39-36(33-23-13-6-14-24-33)40(38,29-31-19-9-4-10-20-31)30-32-21-11-5-12-22-32/h4-28,36,38H,29-30H2,1-3H3. The Kier molecular flexibility index (Phi) is 8.86. The molecule has 0 fully saturated rings. The highest BCUT2D eigenvalue weighted by atomic mass is 28.4. The van der Waals surface area contributed by atoms with Gasteiger partial charge in [0.05, 0.1) is 5.73 Å². The van der Waals surface area contributed by atoms with Crippen molar-refractivity contribution in [3.8, 4) is 0 Å². The SMILES string of the molecule is CC(C)(C)[Si](OC(c1ccccc1)[Si](O)(Cc1ccccc1)Cc1ccccc1)(c1ccccc1)c1ccccc1. The number of hydrogen-bond donors (Lipinski definition) is 1. The van der Waals surface area contributed by atoms with Gasteiger partial charge in [-0.1, -0.05) is 172 Å². The molecule has 0 spiro atoms. The van der Waals surface area contributed by atoms with Crippen molar-refractivity contribution in [2.75, 3.05) is 0 Å². The van der Waals surface area contributed by atoms with Crippen molar-refractivity contribution in [1.29, 1.82) is 0 Å². The minimum atomic E-state index is -3.24. The number of benzene rings is 5. The van der Waals surface area contributed by atoms with Gasteiger partial charge in [0.1, 0.15) is 0 Å². The smallest absolute Gasteiger partial charge is 0.261 e. The van der Waals surface area contributed by atoms with E-state index >= 15 is 0 Å². The molecule has 0 heterocycles. The molecule has 0 saturated heterocycles. The van der Waals surface area contributed by atoms with Gasteiger partial charge in [0.15, 0.2) is 0 Å². The zero-order chi connectivity index (χ0) is 28.8. The van der Waals surface area contributed by atoms with Crippen molar-refractivity contribution in [2.24, 2.45) is 0 Å². The second-order valence-electron chi connectivity index (χ2n) is 12.0. The fourth-order valence-corrected chi connectivity index (χ4v) is 15.2. The summed E-state index contributed by atoms with van der Waals surface area (Å²) in [5, 5.41) is 2.23. The molecule has 1 N–H and O–H groups in total. The Balaban J connectivity index is 1.75.